The Bertz CT molecular complexity index is 1160. The summed E-state index contributed by atoms with van der Waals surface area (Å²) < 4.78 is 55.4. The Morgan fingerprint density at radius 3 is 2.38 bits per heavy atom. The van der Waals surface area contributed by atoms with Crippen LogP contribution >= 0.6 is 23.8 Å². The molecule has 0 saturated carbocycles. The van der Waals surface area contributed by atoms with E-state index in [1.807, 2.05) is 0 Å². The maximum Gasteiger partial charge on any atom is 0.417 e. The maximum atomic E-state index is 15.0. The Kier molecular flexibility index (Phi) is 6.24. The minimum atomic E-state index is -4.81. The quantitative estimate of drug-likeness (QED) is 0.310. The van der Waals surface area contributed by atoms with Crippen LogP contribution in [0.3, 0.4) is 0 Å². The maximum absolute atomic E-state index is 15.0. The molecule has 0 spiro atoms. The summed E-state index contributed by atoms with van der Waals surface area (Å²) in [5.41, 5.74) is -1.89. The summed E-state index contributed by atoms with van der Waals surface area (Å²) in [4.78, 5) is 15.7. The topological polar surface area (TPSA) is 47.3 Å². The van der Waals surface area contributed by atoms with Crippen molar-refractivity contribution < 1.29 is 22.4 Å². The molecule has 2 aromatic rings. The number of carbonyl (C=O) groups is 1. The Morgan fingerprint density at radius 1 is 1.19 bits per heavy atom. The zero-order valence-electron chi connectivity index (χ0n) is 17.3. The number of nitrogens with zero attached hydrogens (tertiary/aromatic N) is 3. The van der Waals surface area contributed by atoms with Crippen molar-refractivity contribution in [2.45, 2.75) is 38.9 Å². The van der Waals surface area contributed by atoms with Gasteiger partial charge in [-0.2, -0.15) is 18.4 Å². The highest BCUT2D eigenvalue weighted by Gasteiger charge is 2.54. The Labute approximate surface area is 193 Å². The van der Waals surface area contributed by atoms with Gasteiger partial charge in [-0.15, -0.1) is 11.6 Å². The minimum Gasteiger partial charge on any atom is -0.300 e. The van der Waals surface area contributed by atoms with E-state index < -0.39 is 34.6 Å². The van der Waals surface area contributed by atoms with Crippen LogP contribution < -0.4 is 9.80 Å². The standard InChI is InChI=1S/C22H18ClF4N3OS/c1-12-8-17(24)18(9-13(12)2)30-20(32)29(19(31)21(30,3)6-7-23)15-5-4-14(11-28)16(10-15)22(25,26)27/h4-5,8-10H,6-7H2,1-3H3. The number of thiocarbonyl (C=S) groups is 1. The lowest BCUT2D eigenvalue weighted by molar-refractivity contribution is -0.137. The Morgan fingerprint density at radius 2 is 1.81 bits per heavy atom. The summed E-state index contributed by atoms with van der Waals surface area (Å²) in [5.74, 6) is -1.23. The van der Waals surface area contributed by atoms with E-state index in [1.165, 1.54) is 30.0 Å². The number of halogens is 5. The summed E-state index contributed by atoms with van der Waals surface area (Å²) >= 11 is 11.4. The number of aryl methyl sites for hydroxylation is 2. The molecule has 2 aromatic carbocycles. The van der Waals surface area contributed by atoms with E-state index in [9.17, 15) is 22.4 Å². The van der Waals surface area contributed by atoms with E-state index in [0.29, 0.717) is 11.6 Å². The lowest BCUT2D eigenvalue weighted by Gasteiger charge is -2.33. The summed E-state index contributed by atoms with van der Waals surface area (Å²) in [6.45, 7) is 5.02. The number of carbonyl (C=O) groups excluding carboxylic acids is 1. The highest BCUT2D eigenvalue weighted by molar-refractivity contribution is 7.81. The molecule has 1 unspecified atom stereocenters. The van der Waals surface area contributed by atoms with E-state index in [2.05, 4.69) is 0 Å². The second-order valence-corrected chi connectivity index (χ2v) is 8.44. The molecule has 32 heavy (non-hydrogen) atoms. The molecule has 4 nitrogen and oxygen atoms in total. The zero-order valence-corrected chi connectivity index (χ0v) is 18.9. The van der Waals surface area contributed by atoms with Crippen molar-refractivity contribution in [3.8, 4) is 6.07 Å². The van der Waals surface area contributed by atoms with E-state index >= 15 is 0 Å². The molecule has 3 rings (SSSR count). The average molecular weight is 484 g/mol. The SMILES string of the molecule is Cc1cc(F)c(N2C(=S)N(c3ccc(C#N)c(C(F)(F)F)c3)C(=O)C2(C)CCCl)cc1C. The van der Waals surface area contributed by atoms with Gasteiger partial charge in [0, 0.05) is 5.88 Å². The van der Waals surface area contributed by atoms with Crippen LogP contribution in [0.4, 0.5) is 28.9 Å². The molecular formula is C22H18ClF4N3OS. The van der Waals surface area contributed by atoms with Gasteiger partial charge in [0.1, 0.15) is 11.4 Å². The van der Waals surface area contributed by atoms with Crippen LogP contribution in [-0.2, 0) is 11.0 Å². The summed E-state index contributed by atoms with van der Waals surface area (Å²) in [5, 5.41) is 8.87. The first-order valence-electron chi connectivity index (χ1n) is 9.49. The molecule has 1 heterocycles. The first-order chi connectivity index (χ1) is 14.9. The molecule has 1 atom stereocenters. The number of rotatable bonds is 4. The third-order valence-corrected chi connectivity index (χ3v) is 6.17. The third-order valence-electron chi connectivity index (χ3n) is 5.61. The van der Waals surface area contributed by atoms with Crippen molar-refractivity contribution in [2.75, 3.05) is 15.7 Å². The first-order valence-corrected chi connectivity index (χ1v) is 10.4. The highest BCUT2D eigenvalue weighted by atomic mass is 35.5. The molecule has 0 radical (unpaired) electrons. The smallest absolute Gasteiger partial charge is 0.300 e. The van der Waals surface area contributed by atoms with Crippen molar-refractivity contribution in [3.63, 3.8) is 0 Å². The number of anilines is 2. The van der Waals surface area contributed by atoms with Crippen molar-refractivity contribution in [1.82, 2.24) is 0 Å². The monoisotopic (exact) mass is 483 g/mol. The zero-order chi connectivity index (χ0) is 24.0. The van der Waals surface area contributed by atoms with Gasteiger partial charge in [0.15, 0.2) is 5.11 Å². The van der Waals surface area contributed by atoms with Crippen molar-refractivity contribution in [3.05, 3.63) is 58.4 Å². The fraction of sp³-hybridized carbons (Fsp3) is 0.318. The van der Waals surface area contributed by atoms with Gasteiger partial charge in [-0.05, 0) is 80.9 Å². The first kappa shape index (κ1) is 24.0. The summed E-state index contributed by atoms with van der Waals surface area (Å²) in [6.07, 6.45) is -4.75. The van der Waals surface area contributed by atoms with Crippen molar-refractivity contribution in [1.29, 1.82) is 5.26 Å². The van der Waals surface area contributed by atoms with Crippen LogP contribution in [0.1, 0.15) is 35.6 Å². The van der Waals surface area contributed by atoms with Gasteiger partial charge < -0.3 is 4.90 Å². The molecular weight excluding hydrogens is 466 g/mol. The van der Waals surface area contributed by atoms with Gasteiger partial charge in [0.2, 0.25) is 0 Å². The lowest BCUT2D eigenvalue weighted by atomic mass is 9.95. The van der Waals surface area contributed by atoms with Crippen LogP contribution in [0.15, 0.2) is 30.3 Å². The number of nitriles is 1. The molecule has 10 heteroatoms. The molecule has 0 bridgehead atoms. The number of hydrogen-bond acceptors (Lipinski definition) is 3. The van der Waals surface area contributed by atoms with Gasteiger partial charge in [0.05, 0.1) is 28.6 Å². The van der Waals surface area contributed by atoms with Crippen molar-refractivity contribution >= 4 is 46.2 Å². The van der Waals surface area contributed by atoms with Gasteiger partial charge in [0.25, 0.3) is 5.91 Å². The summed E-state index contributed by atoms with van der Waals surface area (Å²) in [7, 11) is 0. The predicted molar refractivity (Wildman–Crippen MR) is 118 cm³/mol. The van der Waals surface area contributed by atoms with E-state index in [0.717, 1.165) is 16.5 Å². The molecule has 1 saturated heterocycles. The van der Waals surface area contributed by atoms with Gasteiger partial charge in [-0.25, -0.2) is 4.39 Å². The highest BCUT2D eigenvalue weighted by Crippen LogP contribution is 2.42. The number of hydrogen-bond donors (Lipinski definition) is 0. The Balaban J connectivity index is 2.21. The molecule has 1 fully saturated rings. The predicted octanol–water partition coefficient (Wildman–Crippen LogP) is 5.86. The van der Waals surface area contributed by atoms with Gasteiger partial charge >= 0.3 is 6.18 Å². The molecule has 1 aliphatic heterocycles. The number of alkyl halides is 4. The normalized spacial score (nSPS) is 19.0. The van der Waals surface area contributed by atoms with Crippen LogP contribution in [0, 0.1) is 31.0 Å². The van der Waals surface area contributed by atoms with Gasteiger partial charge in [-0.3, -0.25) is 9.69 Å². The van der Waals surface area contributed by atoms with Crippen LogP contribution in [0.5, 0.6) is 0 Å². The number of amides is 1. The lowest BCUT2D eigenvalue weighted by Crippen LogP contribution is -2.48. The minimum absolute atomic E-state index is 0.0306. The Hall–Kier alpha value is -2.70. The van der Waals surface area contributed by atoms with E-state index in [1.54, 1.807) is 19.9 Å². The second-order valence-electron chi connectivity index (χ2n) is 7.70. The molecule has 0 aromatic heterocycles. The molecule has 1 aliphatic rings. The van der Waals surface area contributed by atoms with E-state index in [4.69, 9.17) is 29.1 Å². The van der Waals surface area contributed by atoms with Gasteiger partial charge in [-0.1, -0.05) is 0 Å². The number of benzene rings is 2. The molecule has 1 amide bonds. The van der Waals surface area contributed by atoms with Crippen LogP contribution in [0.25, 0.3) is 0 Å². The fourth-order valence-corrected chi connectivity index (χ4v) is 4.53. The molecule has 0 N–H and O–H groups in total. The summed E-state index contributed by atoms with van der Waals surface area (Å²) in [6, 6.07) is 7.24. The van der Waals surface area contributed by atoms with Crippen LogP contribution in [-0.4, -0.2) is 22.4 Å². The molecule has 168 valence electrons. The van der Waals surface area contributed by atoms with E-state index in [-0.39, 0.29) is 28.8 Å². The van der Waals surface area contributed by atoms with Crippen LogP contribution in [0.2, 0.25) is 0 Å². The third kappa shape index (κ3) is 3.82. The average Bonchev–Trinajstić information content (AvgIpc) is 2.89. The largest absolute Gasteiger partial charge is 0.417 e. The second kappa shape index (κ2) is 8.34. The molecule has 0 aliphatic carbocycles. The van der Waals surface area contributed by atoms with Crippen molar-refractivity contribution in [2.24, 2.45) is 0 Å². The fourth-order valence-electron chi connectivity index (χ4n) is 3.67.